The normalized spacial score (nSPS) is 15.1. The number of rotatable bonds is 9. The molecule has 3 aliphatic rings. The van der Waals surface area contributed by atoms with Crippen LogP contribution in [0.4, 0.5) is 17.1 Å². The lowest BCUT2D eigenvalue weighted by molar-refractivity contribution is 0.0893. The van der Waals surface area contributed by atoms with Crippen molar-refractivity contribution in [2.45, 2.75) is 51.5 Å². The molecule has 2 amide bonds. The van der Waals surface area contributed by atoms with Gasteiger partial charge in [0.15, 0.2) is 0 Å². The van der Waals surface area contributed by atoms with Gasteiger partial charge >= 0.3 is 0 Å². The number of nitrogens with zero attached hydrogens (tertiary/aromatic N) is 7. The summed E-state index contributed by atoms with van der Waals surface area (Å²) in [6.07, 6.45) is 9.12. The second-order valence-corrected chi connectivity index (χ2v) is 29.2. The molecule has 9 nitrogen and oxygen atoms in total. The molecule has 0 radical (unpaired) electrons. The summed E-state index contributed by atoms with van der Waals surface area (Å²) in [6.45, 7) is 8.74. The summed E-state index contributed by atoms with van der Waals surface area (Å²) < 4.78 is 12.3. The first kappa shape index (κ1) is 59.4. The molecule has 0 saturated carbocycles. The number of aromatic nitrogens is 5. The van der Waals surface area contributed by atoms with E-state index in [9.17, 15) is 0 Å². The molecule has 1 aliphatic carbocycles. The number of benzene rings is 14. The Hall–Kier alpha value is -13.2. The number of allylic oxidation sites excluding steroid dienone is 2. The van der Waals surface area contributed by atoms with Crippen LogP contribution in [0, 0.1) is 0 Å². The summed E-state index contributed by atoms with van der Waals surface area (Å²) in [5.41, 5.74) is 19.3. The topological polar surface area (TPSA) is 65.3 Å². The molecule has 0 fully saturated rings. The van der Waals surface area contributed by atoms with Gasteiger partial charge in [-0.2, -0.15) is 0 Å². The predicted molar refractivity (Wildman–Crippen MR) is 435 cm³/mol. The summed E-state index contributed by atoms with van der Waals surface area (Å²) in [6, 6.07) is 103. The van der Waals surface area contributed by atoms with Crippen LogP contribution >= 0.6 is 0 Å². The third-order valence-electron chi connectivity index (χ3n) is 23.2. The Morgan fingerprint density at radius 2 is 0.552 bits per heavy atom. The maximum absolute atomic E-state index is 19.0. The smallest absolute Gasteiger partial charge is 0.268 e. The van der Waals surface area contributed by atoms with Gasteiger partial charge in [-0.3, -0.25) is 9.59 Å². The minimum absolute atomic E-state index is 0.103. The van der Waals surface area contributed by atoms with Gasteiger partial charge in [0, 0.05) is 76.2 Å². The highest BCUT2D eigenvalue weighted by molar-refractivity contribution is 6.42. The van der Waals surface area contributed by atoms with E-state index in [0.717, 1.165) is 154 Å². The number of anilines is 3. The zero-order valence-corrected chi connectivity index (χ0v) is 58.2. The van der Waals surface area contributed by atoms with Crippen molar-refractivity contribution in [3.8, 4) is 28.4 Å². The van der Waals surface area contributed by atoms with Gasteiger partial charge in [0.05, 0.1) is 112 Å². The first-order valence-corrected chi connectivity index (χ1v) is 36.7. The molecule has 0 N–H and O–H groups in total. The van der Waals surface area contributed by atoms with Crippen LogP contribution in [-0.2, 0) is 0 Å². The van der Waals surface area contributed by atoms with Crippen molar-refractivity contribution in [2.24, 2.45) is 0 Å². The molecule has 22 rings (SSSR count). The van der Waals surface area contributed by atoms with Crippen molar-refractivity contribution in [1.29, 1.82) is 0 Å². The SMILES string of the molecule is CC(C)c1cccc(C(C)C)c1N1C(=O)c2c(-n3c4ccccc4c4ccccc43)c(N3c4ccccc4C4C=CC=CC43)c(-n3c4ccccc4c4ccccc43)c3c(-n4c5ccccc5c5ccccc54)c(-n4c5ccccc5c5ccccc54)c(-n4c5ccccc5c5ccccc54)c(c23)C1=O. The van der Waals surface area contributed by atoms with Gasteiger partial charge in [-0.05, 0) is 95.3 Å². The zero-order chi connectivity index (χ0) is 69.8. The Morgan fingerprint density at radius 3 is 0.905 bits per heavy atom. The number of imide groups is 1. The maximum atomic E-state index is 19.0. The summed E-state index contributed by atoms with van der Waals surface area (Å²) in [5, 5.41) is 11.8. The standard InChI is InChI=1S/C96H67N7O2/c1-56(2)58-42-29-43-59(57(3)4)88(58)103-95(104)86-84-85(89(97-72-44-17-5-30-60(72)61-31-6-18-45-73(61)97)93(101-80-52-25-13-38-68(80)69-39-14-26-53-81(69)101)91(86)99-76-48-21-9-34-64(76)65-35-10-22-49-77(65)99)90(98-74-46-19-7-32-62(74)63-33-8-20-47-75(63)98)94(102-82-54-27-15-40-70(82)71-41-16-28-55-83(71)102)92(87(84)96(103)105)100-78-50-23-11-36-66(78)67-37-12-24-51-79(67)100/h5-57,68,80H,1-4H3. The largest absolute Gasteiger partial charge is 0.330 e. The van der Waals surface area contributed by atoms with Crippen LogP contribution in [0.1, 0.15) is 82.9 Å². The highest BCUT2D eigenvalue weighted by Crippen LogP contribution is 2.61. The fraction of sp³-hybridized carbons (Fsp3) is 0.0833. The minimum atomic E-state index is -0.416. The number of amides is 2. The van der Waals surface area contributed by atoms with E-state index in [1.165, 1.54) is 5.56 Å². The highest BCUT2D eigenvalue weighted by Gasteiger charge is 2.50. The van der Waals surface area contributed by atoms with E-state index in [0.29, 0.717) is 33.6 Å². The van der Waals surface area contributed by atoms with E-state index in [2.05, 4.69) is 365 Å². The lowest BCUT2D eigenvalue weighted by atomic mass is 9.84. The molecule has 14 aromatic carbocycles. The first-order valence-electron chi connectivity index (χ1n) is 36.7. The van der Waals surface area contributed by atoms with Crippen molar-refractivity contribution in [1.82, 2.24) is 22.8 Å². The average Bonchev–Trinajstić information content (AvgIpc) is 1.64. The van der Waals surface area contributed by atoms with Crippen molar-refractivity contribution >= 4 is 149 Å². The number of hydrogen-bond acceptors (Lipinski definition) is 3. The van der Waals surface area contributed by atoms with Gasteiger partial charge < -0.3 is 27.7 Å². The van der Waals surface area contributed by atoms with E-state index in [4.69, 9.17) is 0 Å². The first-order chi connectivity index (χ1) is 51.7. The average molecular weight is 1350 g/mol. The van der Waals surface area contributed by atoms with E-state index in [-0.39, 0.29) is 23.8 Å². The fourth-order valence-corrected chi connectivity index (χ4v) is 19.0. The zero-order valence-electron chi connectivity index (χ0n) is 58.2. The molecule has 105 heavy (non-hydrogen) atoms. The van der Waals surface area contributed by atoms with Crippen LogP contribution in [0.5, 0.6) is 0 Å². The maximum Gasteiger partial charge on any atom is 0.268 e. The Kier molecular flexibility index (Phi) is 12.5. The quantitative estimate of drug-likeness (QED) is 0.135. The summed E-state index contributed by atoms with van der Waals surface area (Å²) in [5.74, 6) is -1.15. The molecule has 0 bridgehead atoms. The third-order valence-corrected chi connectivity index (χ3v) is 23.2. The number of para-hydroxylation sites is 12. The molecular formula is C96H67N7O2. The van der Waals surface area contributed by atoms with Crippen LogP contribution in [0.3, 0.4) is 0 Å². The van der Waals surface area contributed by atoms with Gasteiger partial charge in [-0.15, -0.1) is 0 Å². The Balaban J connectivity index is 1.14. The molecule has 7 heterocycles. The number of hydrogen-bond donors (Lipinski definition) is 0. The van der Waals surface area contributed by atoms with E-state index >= 15 is 9.59 Å². The number of carbonyl (C=O) groups excluding carboxylic acids is 2. The molecule has 9 heteroatoms. The molecule has 5 aromatic heterocycles. The lowest BCUT2D eigenvalue weighted by Crippen LogP contribution is -2.44. The fourth-order valence-electron chi connectivity index (χ4n) is 19.0. The second kappa shape index (κ2) is 22.1. The Morgan fingerprint density at radius 1 is 0.267 bits per heavy atom. The van der Waals surface area contributed by atoms with Gasteiger partial charge in [0.25, 0.3) is 11.8 Å². The Bertz CT molecular complexity index is 6850. The van der Waals surface area contributed by atoms with Gasteiger partial charge in [0.1, 0.15) is 0 Å². The van der Waals surface area contributed by atoms with Crippen LogP contribution < -0.4 is 9.80 Å². The van der Waals surface area contributed by atoms with Crippen molar-refractivity contribution in [3.63, 3.8) is 0 Å². The van der Waals surface area contributed by atoms with Crippen LogP contribution in [0.25, 0.3) is 148 Å². The molecule has 2 unspecified atom stereocenters. The second-order valence-electron chi connectivity index (χ2n) is 29.2. The molecule has 498 valence electrons. The van der Waals surface area contributed by atoms with Gasteiger partial charge in [-0.25, -0.2) is 4.90 Å². The summed E-state index contributed by atoms with van der Waals surface area (Å²) >= 11 is 0. The number of fused-ring (bicyclic) bond motifs is 18. The highest BCUT2D eigenvalue weighted by atomic mass is 16.2. The predicted octanol–water partition coefficient (Wildman–Crippen LogP) is 24.1. The van der Waals surface area contributed by atoms with Crippen molar-refractivity contribution in [3.05, 3.63) is 337 Å². The molecular weight excluding hydrogens is 1280 g/mol. The van der Waals surface area contributed by atoms with Crippen LogP contribution in [-0.4, -0.2) is 40.7 Å². The van der Waals surface area contributed by atoms with Gasteiger partial charge in [0.2, 0.25) is 0 Å². The molecule has 0 saturated heterocycles. The monoisotopic (exact) mass is 1350 g/mol. The minimum Gasteiger partial charge on any atom is -0.330 e. The van der Waals surface area contributed by atoms with E-state index in [1.807, 2.05) is 0 Å². The van der Waals surface area contributed by atoms with E-state index in [1.54, 1.807) is 4.90 Å². The van der Waals surface area contributed by atoms with Crippen LogP contribution in [0.15, 0.2) is 309 Å². The van der Waals surface area contributed by atoms with Crippen molar-refractivity contribution in [2.75, 3.05) is 9.80 Å². The number of carbonyl (C=O) groups is 2. The molecule has 2 aliphatic heterocycles. The molecule has 0 spiro atoms. The van der Waals surface area contributed by atoms with Crippen LogP contribution in [0.2, 0.25) is 0 Å². The molecule has 2 atom stereocenters. The van der Waals surface area contributed by atoms with Gasteiger partial charge in [-0.1, -0.05) is 270 Å². The summed E-state index contributed by atoms with van der Waals surface area (Å²) in [7, 11) is 0. The van der Waals surface area contributed by atoms with E-state index < -0.39 is 11.8 Å². The van der Waals surface area contributed by atoms with Crippen molar-refractivity contribution < 1.29 is 9.59 Å². The lowest BCUT2D eigenvalue weighted by Gasteiger charge is -2.40. The summed E-state index contributed by atoms with van der Waals surface area (Å²) in [4.78, 5) is 42.2. The third kappa shape index (κ3) is 7.90. The molecule has 19 aromatic rings. The Labute approximate surface area is 604 Å².